The summed E-state index contributed by atoms with van der Waals surface area (Å²) >= 11 is 3.77. The zero-order chi connectivity index (χ0) is 39.8. The molecule has 0 aliphatic carbocycles. The molecule has 58 heavy (non-hydrogen) atoms. The van der Waals surface area contributed by atoms with E-state index in [2.05, 4.69) is 211 Å². The van der Waals surface area contributed by atoms with Crippen LogP contribution in [-0.2, 0) is 10.8 Å². The summed E-state index contributed by atoms with van der Waals surface area (Å²) in [7, 11) is 0. The zero-order valence-corrected chi connectivity index (χ0v) is 35.6. The molecule has 0 amide bonds. The Kier molecular flexibility index (Phi) is 8.78. The Morgan fingerprint density at radius 3 is 1.02 bits per heavy atom. The third kappa shape index (κ3) is 6.55. The minimum absolute atomic E-state index is 0.00157. The lowest BCUT2D eigenvalue weighted by atomic mass is 9.80. The molecule has 0 aliphatic rings. The van der Waals surface area contributed by atoms with Crippen LogP contribution in [0.4, 0.5) is 0 Å². The van der Waals surface area contributed by atoms with Gasteiger partial charge in [-0.15, -0.1) is 22.7 Å². The molecule has 0 nitrogen and oxygen atoms in total. The molecule has 0 aliphatic heterocycles. The predicted molar refractivity (Wildman–Crippen MR) is 257 cm³/mol. The molecular formula is C56H46S2. The predicted octanol–water partition coefficient (Wildman–Crippen LogP) is 17.4. The molecule has 0 atom stereocenters. The van der Waals surface area contributed by atoms with Gasteiger partial charge in [-0.2, -0.15) is 0 Å². The van der Waals surface area contributed by atoms with Gasteiger partial charge in [-0.25, -0.2) is 0 Å². The van der Waals surface area contributed by atoms with Gasteiger partial charge in [0.25, 0.3) is 0 Å². The summed E-state index contributed by atoms with van der Waals surface area (Å²) in [6, 6.07) is 63.9. The molecule has 2 heterocycles. The van der Waals surface area contributed by atoms with E-state index in [9.17, 15) is 0 Å². The van der Waals surface area contributed by atoms with Crippen molar-refractivity contribution in [3.8, 4) is 55.6 Å². The van der Waals surface area contributed by atoms with E-state index in [4.69, 9.17) is 0 Å². The Morgan fingerprint density at radius 2 is 0.621 bits per heavy atom. The molecular weight excluding hydrogens is 737 g/mol. The lowest BCUT2D eigenvalue weighted by molar-refractivity contribution is 0.592. The minimum Gasteiger partial charge on any atom is -0.135 e. The van der Waals surface area contributed by atoms with Crippen LogP contribution >= 0.6 is 22.7 Å². The van der Waals surface area contributed by atoms with Gasteiger partial charge in [0.2, 0.25) is 0 Å². The van der Waals surface area contributed by atoms with Crippen LogP contribution in [-0.4, -0.2) is 0 Å². The molecule has 0 saturated carbocycles. The maximum absolute atomic E-state index is 2.42. The molecule has 2 heteroatoms. The first-order chi connectivity index (χ1) is 28.0. The van der Waals surface area contributed by atoms with Crippen molar-refractivity contribution in [2.75, 3.05) is 0 Å². The lowest BCUT2D eigenvalue weighted by Gasteiger charge is -2.24. The van der Waals surface area contributed by atoms with E-state index in [0.717, 1.165) is 0 Å². The van der Waals surface area contributed by atoms with Crippen LogP contribution in [0.25, 0.3) is 96.0 Å². The summed E-state index contributed by atoms with van der Waals surface area (Å²) in [5.41, 5.74) is 15.2. The van der Waals surface area contributed by atoms with Crippen molar-refractivity contribution in [2.45, 2.75) is 52.4 Å². The van der Waals surface area contributed by atoms with E-state index in [-0.39, 0.29) is 10.8 Å². The molecule has 0 saturated heterocycles. The highest BCUT2D eigenvalue weighted by molar-refractivity contribution is 7.26. The van der Waals surface area contributed by atoms with Gasteiger partial charge in [-0.1, -0.05) is 163 Å². The zero-order valence-electron chi connectivity index (χ0n) is 34.0. The van der Waals surface area contributed by atoms with E-state index in [1.165, 1.54) is 107 Å². The second kappa shape index (κ2) is 13.9. The Morgan fingerprint density at radius 1 is 0.276 bits per heavy atom. The van der Waals surface area contributed by atoms with E-state index < -0.39 is 0 Å². The highest BCUT2D eigenvalue weighted by Gasteiger charge is 2.22. The molecule has 10 aromatic rings. The summed E-state index contributed by atoms with van der Waals surface area (Å²) in [6.07, 6.45) is 0. The molecule has 0 N–H and O–H groups in total. The van der Waals surface area contributed by atoms with Crippen molar-refractivity contribution in [1.82, 2.24) is 0 Å². The summed E-state index contributed by atoms with van der Waals surface area (Å²) in [4.78, 5) is 0. The lowest BCUT2D eigenvalue weighted by Crippen LogP contribution is -2.12. The molecule has 0 fully saturated rings. The van der Waals surface area contributed by atoms with E-state index in [1.54, 1.807) is 0 Å². The molecule has 10 rings (SSSR count). The fourth-order valence-electron chi connectivity index (χ4n) is 8.78. The normalized spacial score (nSPS) is 12.3. The number of hydrogen-bond donors (Lipinski definition) is 0. The van der Waals surface area contributed by atoms with Crippen LogP contribution in [0.3, 0.4) is 0 Å². The van der Waals surface area contributed by atoms with Gasteiger partial charge in [-0.05, 0) is 126 Å². The fraction of sp³-hybridized carbons (Fsp3) is 0.143. The van der Waals surface area contributed by atoms with E-state index >= 15 is 0 Å². The number of hydrogen-bond acceptors (Lipinski definition) is 2. The molecule has 0 unspecified atom stereocenters. The highest BCUT2D eigenvalue weighted by Crippen LogP contribution is 2.43. The van der Waals surface area contributed by atoms with Gasteiger partial charge >= 0.3 is 0 Å². The van der Waals surface area contributed by atoms with Gasteiger partial charge in [0.05, 0.1) is 0 Å². The monoisotopic (exact) mass is 782 g/mol. The first-order valence-corrected chi connectivity index (χ1v) is 21.9. The van der Waals surface area contributed by atoms with Crippen LogP contribution in [0.5, 0.6) is 0 Å². The topological polar surface area (TPSA) is 0 Å². The van der Waals surface area contributed by atoms with Crippen molar-refractivity contribution in [3.05, 3.63) is 181 Å². The Balaban J connectivity index is 1.02. The Hall–Kier alpha value is -5.80. The van der Waals surface area contributed by atoms with Gasteiger partial charge in [-0.3, -0.25) is 0 Å². The van der Waals surface area contributed by atoms with Crippen molar-refractivity contribution in [3.63, 3.8) is 0 Å². The van der Waals surface area contributed by atoms with Crippen LogP contribution in [0.2, 0.25) is 0 Å². The van der Waals surface area contributed by atoms with Gasteiger partial charge in [0.1, 0.15) is 0 Å². The van der Waals surface area contributed by atoms with Crippen LogP contribution in [0.1, 0.15) is 52.7 Å². The highest BCUT2D eigenvalue weighted by atomic mass is 32.1. The van der Waals surface area contributed by atoms with E-state index in [0.29, 0.717) is 0 Å². The summed E-state index contributed by atoms with van der Waals surface area (Å²) in [6.45, 7) is 13.9. The molecule has 282 valence electrons. The van der Waals surface area contributed by atoms with Crippen LogP contribution in [0, 0.1) is 0 Å². The summed E-state index contributed by atoms with van der Waals surface area (Å²) in [5.74, 6) is 0. The second-order valence-electron chi connectivity index (χ2n) is 17.8. The first-order valence-electron chi connectivity index (χ1n) is 20.3. The molecule has 0 radical (unpaired) electrons. The first kappa shape index (κ1) is 36.5. The van der Waals surface area contributed by atoms with Gasteiger partial charge < -0.3 is 0 Å². The van der Waals surface area contributed by atoms with Gasteiger partial charge in [0, 0.05) is 40.3 Å². The van der Waals surface area contributed by atoms with Crippen LogP contribution in [0.15, 0.2) is 170 Å². The maximum Gasteiger partial charge on any atom is 0.0361 e. The number of fused-ring (bicyclic) bond motifs is 6. The van der Waals surface area contributed by atoms with Gasteiger partial charge in [0.15, 0.2) is 0 Å². The van der Waals surface area contributed by atoms with Crippen molar-refractivity contribution >= 4 is 63.0 Å². The Labute approximate surface area is 350 Å². The SMILES string of the molecule is CC(C)(C)c1ccc(-c2cccc(-c3cccc(-c4ccc(C(C)(C)C)c(-c5ccc6c(c5)sc5ccccc56)c4)c3)c2)cc1-c1ccc2c(c1)sc1ccccc12. The summed E-state index contributed by atoms with van der Waals surface area (Å²) < 4.78 is 5.35. The molecule has 8 aromatic carbocycles. The largest absolute Gasteiger partial charge is 0.135 e. The van der Waals surface area contributed by atoms with Crippen molar-refractivity contribution in [1.29, 1.82) is 0 Å². The number of thiophene rings is 2. The number of rotatable bonds is 5. The van der Waals surface area contributed by atoms with E-state index in [1.807, 2.05) is 22.7 Å². The second-order valence-corrected chi connectivity index (χ2v) is 20.0. The van der Waals surface area contributed by atoms with Crippen LogP contribution < -0.4 is 0 Å². The Bertz CT molecular complexity index is 2970. The molecule has 0 spiro atoms. The summed E-state index contributed by atoms with van der Waals surface area (Å²) in [5, 5.41) is 5.35. The molecule has 2 aromatic heterocycles. The minimum atomic E-state index is 0.00157. The quantitative estimate of drug-likeness (QED) is 0.163. The third-order valence-electron chi connectivity index (χ3n) is 11.8. The smallest absolute Gasteiger partial charge is 0.0361 e. The average molecular weight is 783 g/mol. The van der Waals surface area contributed by atoms with Crippen molar-refractivity contribution < 1.29 is 0 Å². The third-order valence-corrected chi connectivity index (χ3v) is 14.0. The maximum atomic E-state index is 2.42. The van der Waals surface area contributed by atoms with Crippen molar-refractivity contribution in [2.24, 2.45) is 0 Å². The molecule has 0 bridgehead atoms. The average Bonchev–Trinajstić information content (AvgIpc) is 3.80. The fourth-order valence-corrected chi connectivity index (χ4v) is 11.1. The number of benzene rings is 8. The standard InChI is InChI=1S/C56H46S2/c1-55(2,3)49-27-23-39(31-47(49)41-21-25-45-43-17-7-9-19-51(43)57-53(45)33-41)37-15-11-13-35(29-37)36-14-12-16-38(30-36)40-24-28-50(56(4,5)6)48(32-40)42-22-26-46-44-18-8-10-20-52(44)58-54(46)34-42/h7-34H,1-6H3.